The molecule has 0 amide bonds. The predicted molar refractivity (Wildman–Crippen MR) is 61.1 cm³/mol. The summed E-state index contributed by atoms with van der Waals surface area (Å²) >= 11 is 0. The second-order valence-corrected chi connectivity index (χ2v) is 4.55. The van der Waals surface area contributed by atoms with Crippen LogP contribution in [0.5, 0.6) is 0 Å². The maximum Gasteiger partial charge on any atom is 0.208 e. The Morgan fingerprint density at radius 3 is 2.88 bits per heavy atom. The van der Waals surface area contributed by atoms with Crippen molar-refractivity contribution in [2.45, 2.75) is 45.7 Å². The lowest BCUT2D eigenvalue weighted by Gasteiger charge is -2.33. The average Bonchev–Trinajstić information content (AvgIpc) is 2.59. The molecule has 1 atom stereocenters. The summed E-state index contributed by atoms with van der Waals surface area (Å²) in [4.78, 5) is 6.66. The number of hydrogen-bond donors (Lipinski definition) is 1. The monoisotopic (exact) mass is 224 g/mol. The predicted octanol–water partition coefficient (Wildman–Crippen LogP) is 1.64. The Morgan fingerprint density at radius 1 is 1.44 bits per heavy atom. The number of aryl methyl sites for hydroxylation is 2. The van der Waals surface area contributed by atoms with Crippen molar-refractivity contribution in [1.29, 1.82) is 0 Å². The Hall–Kier alpha value is -0.870. The molecule has 0 radical (unpaired) electrons. The molecule has 2 rings (SSSR count). The molecular weight excluding hydrogens is 204 g/mol. The van der Waals surface area contributed by atoms with Gasteiger partial charge in [-0.2, -0.15) is 0 Å². The lowest BCUT2D eigenvalue weighted by Crippen LogP contribution is -2.41. The lowest BCUT2D eigenvalue weighted by molar-refractivity contribution is 0.0766. The molecule has 0 aliphatic carbocycles. The van der Waals surface area contributed by atoms with Crippen molar-refractivity contribution in [1.82, 2.24) is 9.88 Å². The van der Waals surface area contributed by atoms with Crippen LogP contribution in [0, 0.1) is 13.8 Å². The highest BCUT2D eigenvalue weighted by Gasteiger charge is 2.23. The first-order chi connectivity index (χ1) is 7.70. The minimum Gasteiger partial charge on any atom is -0.444 e. The highest BCUT2D eigenvalue weighted by molar-refractivity contribution is 5.05. The van der Waals surface area contributed by atoms with Crippen molar-refractivity contribution in [3.63, 3.8) is 0 Å². The molecular formula is C12H20N2O2. The van der Waals surface area contributed by atoms with Crippen LogP contribution in [0.3, 0.4) is 0 Å². The fraction of sp³-hybridized carbons (Fsp3) is 0.750. The van der Waals surface area contributed by atoms with E-state index in [0.717, 1.165) is 36.9 Å². The van der Waals surface area contributed by atoms with Gasteiger partial charge in [0, 0.05) is 6.04 Å². The molecule has 1 aromatic heterocycles. The van der Waals surface area contributed by atoms with Crippen molar-refractivity contribution in [3.8, 4) is 0 Å². The van der Waals surface area contributed by atoms with E-state index in [1.165, 1.54) is 12.8 Å². The molecule has 2 heterocycles. The van der Waals surface area contributed by atoms with Gasteiger partial charge in [0.1, 0.15) is 5.76 Å². The molecule has 1 aliphatic heterocycles. The van der Waals surface area contributed by atoms with Crippen LogP contribution >= 0.6 is 0 Å². The zero-order chi connectivity index (χ0) is 11.5. The molecule has 0 saturated carbocycles. The third-order valence-corrected chi connectivity index (χ3v) is 3.37. The van der Waals surface area contributed by atoms with Gasteiger partial charge in [-0.1, -0.05) is 6.42 Å². The number of piperidine rings is 1. The number of nitrogens with zero attached hydrogens (tertiary/aromatic N) is 2. The van der Waals surface area contributed by atoms with Crippen LogP contribution < -0.4 is 0 Å². The summed E-state index contributed by atoms with van der Waals surface area (Å²) in [5, 5.41) is 9.31. The largest absolute Gasteiger partial charge is 0.444 e. The van der Waals surface area contributed by atoms with Gasteiger partial charge in [0.2, 0.25) is 5.89 Å². The Labute approximate surface area is 96.3 Å². The van der Waals surface area contributed by atoms with Crippen molar-refractivity contribution >= 4 is 0 Å². The highest BCUT2D eigenvalue weighted by atomic mass is 16.4. The van der Waals surface area contributed by atoms with E-state index in [0.29, 0.717) is 0 Å². The summed E-state index contributed by atoms with van der Waals surface area (Å²) in [5.74, 6) is 1.67. The van der Waals surface area contributed by atoms with E-state index in [1.807, 2.05) is 13.8 Å². The van der Waals surface area contributed by atoms with E-state index in [9.17, 15) is 5.11 Å². The van der Waals surface area contributed by atoms with E-state index in [-0.39, 0.29) is 12.6 Å². The second kappa shape index (κ2) is 4.97. The minimum absolute atomic E-state index is 0.235. The number of rotatable bonds is 3. The van der Waals surface area contributed by atoms with E-state index in [4.69, 9.17) is 4.42 Å². The van der Waals surface area contributed by atoms with Crippen LogP contribution in [0.1, 0.15) is 36.6 Å². The molecule has 1 aromatic rings. The quantitative estimate of drug-likeness (QED) is 0.848. The minimum atomic E-state index is 0.235. The van der Waals surface area contributed by atoms with Crippen molar-refractivity contribution < 1.29 is 9.52 Å². The molecule has 1 N–H and O–H groups in total. The Morgan fingerprint density at radius 2 is 2.25 bits per heavy atom. The van der Waals surface area contributed by atoms with E-state index in [2.05, 4.69) is 9.88 Å². The second-order valence-electron chi connectivity index (χ2n) is 4.55. The third kappa shape index (κ3) is 2.44. The maximum absolute atomic E-state index is 9.31. The van der Waals surface area contributed by atoms with Crippen molar-refractivity contribution in [3.05, 3.63) is 17.3 Å². The van der Waals surface area contributed by atoms with Crippen molar-refractivity contribution in [2.75, 3.05) is 13.2 Å². The Bertz CT molecular complexity index is 329. The van der Waals surface area contributed by atoms with Crippen LogP contribution in [0.25, 0.3) is 0 Å². The first-order valence-corrected chi connectivity index (χ1v) is 5.98. The zero-order valence-electron chi connectivity index (χ0n) is 10.1. The molecule has 4 nitrogen and oxygen atoms in total. The fourth-order valence-electron chi connectivity index (χ4n) is 2.26. The Kier molecular flexibility index (Phi) is 3.61. The lowest BCUT2D eigenvalue weighted by atomic mass is 10.0. The summed E-state index contributed by atoms with van der Waals surface area (Å²) in [6.45, 7) is 5.89. The summed E-state index contributed by atoms with van der Waals surface area (Å²) in [6.07, 6.45) is 3.50. The maximum atomic E-state index is 9.31. The summed E-state index contributed by atoms with van der Waals surface area (Å²) < 4.78 is 5.58. The van der Waals surface area contributed by atoms with Crippen LogP contribution in [0.4, 0.5) is 0 Å². The normalized spacial score (nSPS) is 22.6. The first kappa shape index (κ1) is 11.6. The SMILES string of the molecule is Cc1nc(CN2CCCCC2CO)oc1C. The summed E-state index contributed by atoms with van der Waals surface area (Å²) in [7, 11) is 0. The number of oxazole rings is 1. The van der Waals surface area contributed by atoms with Gasteiger partial charge < -0.3 is 9.52 Å². The molecule has 16 heavy (non-hydrogen) atoms. The topological polar surface area (TPSA) is 49.5 Å². The molecule has 0 aromatic carbocycles. The fourth-order valence-corrected chi connectivity index (χ4v) is 2.26. The molecule has 4 heteroatoms. The van der Waals surface area contributed by atoms with Gasteiger partial charge >= 0.3 is 0 Å². The molecule has 1 fully saturated rings. The molecule has 1 saturated heterocycles. The average molecular weight is 224 g/mol. The number of aliphatic hydroxyl groups is 1. The van der Waals surface area contributed by atoms with E-state index >= 15 is 0 Å². The zero-order valence-corrected chi connectivity index (χ0v) is 10.1. The van der Waals surface area contributed by atoms with E-state index < -0.39 is 0 Å². The van der Waals surface area contributed by atoms with Crippen LogP contribution in [0.2, 0.25) is 0 Å². The van der Waals surface area contributed by atoms with E-state index in [1.54, 1.807) is 0 Å². The molecule has 1 unspecified atom stereocenters. The molecule has 90 valence electrons. The molecule has 0 spiro atoms. The van der Waals surface area contributed by atoms with Crippen LogP contribution in [-0.4, -0.2) is 34.2 Å². The van der Waals surface area contributed by atoms with Gasteiger partial charge in [0.05, 0.1) is 18.8 Å². The van der Waals surface area contributed by atoms with Crippen LogP contribution in [-0.2, 0) is 6.54 Å². The van der Waals surface area contributed by atoms with Crippen molar-refractivity contribution in [2.24, 2.45) is 0 Å². The number of likely N-dealkylation sites (tertiary alicyclic amines) is 1. The van der Waals surface area contributed by atoms with Gasteiger partial charge in [-0.05, 0) is 33.2 Å². The molecule has 1 aliphatic rings. The Balaban J connectivity index is 2.02. The number of aromatic nitrogens is 1. The first-order valence-electron chi connectivity index (χ1n) is 5.98. The van der Waals surface area contributed by atoms with Gasteiger partial charge in [0.15, 0.2) is 0 Å². The standard InChI is InChI=1S/C12H20N2O2/c1-9-10(2)16-12(13-9)7-14-6-4-3-5-11(14)8-15/h11,15H,3-8H2,1-2H3. The number of hydrogen-bond acceptors (Lipinski definition) is 4. The highest BCUT2D eigenvalue weighted by Crippen LogP contribution is 2.19. The third-order valence-electron chi connectivity index (χ3n) is 3.37. The van der Waals surface area contributed by atoms with Gasteiger partial charge in [-0.15, -0.1) is 0 Å². The summed E-state index contributed by atoms with van der Waals surface area (Å²) in [6, 6.07) is 0.279. The molecule has 0 bridgehead atoms. The number of aliphatic hydroxyl groups excluding tert-OH is 1. The summed E-state index contributed by atoms with van der Waals surface area (Å²) in [5.41, 5.74) is 0.965. The van der Waals surface area contributed by atoms with Gasteiger partial charge in [-0.25, -0.2) is 4.98 Å². The van der Waals surface area contributed by atoms with Gasteiger partial charge in [-0.3, -0.25) is 4.90 Å². The van der Waals surface area contributed by atoms with Gasteiger partial charge in [0.25, 0.3) is 0 Å². The van der Waals surface area contributed by atoms with Crippen LogP contribution in [0.15, 0.2) is 4.42 Å². The smallest absolute Gasteiger partial charge is 0.208 e.